The van der Waals surface area contributed by atoms with E-state index >= 15 is 0 Å². The van der Waals surface area contributed by atoms with Crippen LogP contribution in [0.2, 0.25) is 0 Å². The van der Waals surface area contributed by atoms with E-state index in [1.165, 1.54) is 12.1 Å². The molecule has 1 atom stereocenters. The van der Waals surface area contributed by atoms with Crippen LogP contribution in [0.3, 0.4) is 0 Å². The van der Waals surface area contributed by atoms with E-state index in [1.807, 2.05) is 26.0 Å². The normalized spacial score (nSPS) is 12.4. The van der Waals surface area contributed by atoms with Crippen molar-refractivity contribution in [3.8, 4) is 0 Å². The summed E-state index contributed by atoms with van der Waals surface area (Å²) < 4.78 is 28.4. The number of aryl methyl sites for hydroxylation is 1. The topological polar surface area (TPSA) is 24.9 Å². The Morgan fingerprint density at radius 3 is 2.71 bits per heavy atom. The van der Waals surface area contributed by atoms with Crippen LogP contribution in [-0.2, 0) is 6.42 Å². The molecule has 0 fully saturated rings. The van der Waals surface area contributed by atoms with E-state index < -0.39 is 11.6 Å². The molecule has 1 unspecified atom stereocenters. The van der Waals surface area contributed by atoms with Crippen LogP contribution < -0.4 is 5.32 Å². The summed E-state index contributed by atoms with van der Waals surface area (Å²) in [6.07, 6.45) is 1.91. The standard InChI is InChI=1S/C16H17BrF2N2/c1-3-20-14(16-10(2)5-4-8-21-16)9-11-13(18)7-6-12(17)15(11)19/h4-8,14,20H,3,9H2,1-2H3. The SMILES string of the molecule is CCNC(Cc1c(F)ccc(Br)c1F)c1ncccc1C. The van der Waals surface area contributed by atoms with E-state index in [9.17, 15) is 8.78 Å². The molecule has 1 aromatic carbocycles. The second-order valence-electron chi connectivity index (χ2n) is 4.84. The summed E-state index contributed by atoms with van der Waals surface area (Å²) in [5.74, 6) is -1.08. The van der Waals surface area contributed by atoms with Crippen molar-refractivity contribution in [2.45, 2.75) is 26.3 Å². The van der Waals surface area contributed by atoms with Crippen LogP contribution in [0.15, 0.2) is 34.9 Å². The Balaban J connectivity index is 2.38. The molecule has 0 aliphatic heterocycles. The third kappa shape index (κ3) is 3.66. The lowest BCUT2D eigenvalue weighted by atomic mass is 9.99. The first kappa shape index (κ1) is 16.0. The Morgan fingerprint density at radius 1 is 1.29 bits per heavy atom. The first-order valence-corrected chi connectivity index (χ1v) is 7.61. The minimum absolute atomic E-state index is 0.0698. The van der Waals surface area contributed by atoms with Crippen molar-refractivity contribution in [3.05, 3.63) is 63.4 Å². The molecule has 0 aliphatic carbocycles. The number of hydrogen-bond donors (Lipinski definition) is 1. The third-order valence-corrected chi connectivity index (χ3v) is 3.99. The van der Waals surface area contributed by atoms with Crippen molar-refractivity contribution in [1.29, 1.82) is 0 Å². The summed E-state index contributed by atoms with van der Waals surface area (Å²) in [7, 11) is 0. The fourth-order valence-electron chi connectivity index (χ4n) is 2.33. The van der Waals surface area contributed by atoms with E-state index in [1.54, 1.807) is 6.20 Å². The smallest absolute Gasteiger partial charge is 0.143 e. The van der Waals surface area contributed by atoms with Gasteiger partial charge in [-0.05, 0) is 59.6 Å². The lowest BCUT2D eigenvalue weighted by Crippen LogP contribution is -2.25. The highest BCUT2D eigenvalue weighted by Gasteiger charge is 2.20. The fourth-order valence-corrected chi connectivity index (χ4v) is 2.71. The van der Waals surface area contributed by atoms with Gasteiger partial charge in [-0.2, -0.15) is 0 Å². The summed E-state index contributed by atoms with van der Waals surface area (Å²) in [6, 6.07) is 6.22. The Bertz CT molecular complexity index is 632. The predicted molar refractivity (Wildman–Crippen MR) is 83.2 cm³/mol. The first-order chi connectivity index (χ1) is 10.0. The van der Waals surface area contributed by atoms with Gasteiger partial charge in [0.25, 0.3) is 0 Å². The zero-order chi connectivity index (χ0) is 15.4. The number of aromatic nitrogens is 1. The van der Waals surface area contributed by atoms with Gasteiger partial charge in [0.05, 0.1) is 16.2 Å². The fraction of sp³-hybridized carbons (Fsp3) is 0.312. The van der Waals surface area contributed by atoms with Gasteiger partial charge in [-0.25, -0.2) is 8.78 Å². The second kappa shape index (κ2) is 7.09. The predicted octanol–water partition coefficient (Wildman–Crippen LogP) is 4.32. The summed E-state index contributed by atoms with van der Waals surface area (Å²) >= 11 is 3.10. The van der Waals surface area contributed by atoms with Gasteiger partial charge in [0, 0.05) is 11.8 Å². The number of benzene rings is 1. The molecule has 2 aromatic rings. The van der Waals surface area contributed by atoms with Gasteiger partial charge in [-0.1, -0.05) is 13.0 Å². The molecule has 5 heteroatoms. The molecular formula is C16H17BrF2N2. The van der Waals surface area contributed by atoms with Crippen LogP contribution in [0, 0.1) is 18.6 Å². The zero-order valence-electron chi connectivity index (χ0n) is 12.0. The second-order valence-corrected chi connectivity index (χ2v) is 5.70. The number of nitrogens with zero attached hydrogens (tertiary/aromatic N) is 1. The molecule has 112 valence electrons. The third-order valence-electron chi connectivity index (χ3n) is 3.38. The Labute approximate surface area is 131 Å². The first-order valence-electron chi connectivity index (χ1n) is 6.81. The van der Waals surface area contributed by atoms with Crippen molar-refractivity contribution in [1.82, 2.24) is 10.3 Å². The van der Waals surface area contributed by atoms with Crippen molar-refractivity contribution >= 4 is 15.9 Å². The quantitative estimate of drug-likeness (QED) is 0.808. The van der Waals surface area contributed by atoms with Crippen LogP contribution in [0.4, 0.5) is 8.78 Å². The maximum absolute atomic E-state index is 14.1. The lowest BCUT2D eigenvalue weighted by molar-refractivity contribution is 0.489. The zero-order valence-corrected chi connectivity index (χ0v) is 13.5. The van der Waals surface area contributed by atoms with Gasteiger partial charge in [0.15, 0.2) is 0 Å². The molecule has 0 bridgehead atoms. The number of nitrogens with one attached hydrogen (secondary N) is 1. The van der Waals surface area contributed by atoms with Gasteiger partial charge in [0.1, 0.15) is 11.6 Å². The molecular weight excluding hydrogens is 338 g/mol. The number of likely N-dealkylation sites (N-methyl/N-ethyl adjacent to an activating group) is 1. The molecule has 0 aliphatic rings. The molecule has 0 amide bonds. The summed E-state index contributed by atoms with van der Waals surface area (Å²) in [5.41, 5.74) is 1.89. The molecule has 0 saturated carbocycles. The van der Waals surface area contributed by atoms with Gasteiger partial charge >= 0.3 is 0 Å². The highest BCUT2D eigenvalue weighted by Crippen LogP contribution is 2.27. The molecule has 0 saturated heterocycles. The number of rotatable bonds is 5. The van der Waals surface area contributed by atoms with E-state index in [-0.39, 0.29) is 22.5 Å². The highest BCUT2D eigenvalue weighted by molar-refractivity contribution is 9.10. The Kier molecular flexibility index (Phi) is 5.42. The molecule has 1 aromatic heterocycles. The number of pyridine rings is 1. The monoisotopic (exact) mass is 354 g/mol. The molecule has 0 radical (unpaired) electrons. The Morgan fingerprint density at radius 2 is 2.05 bits per heavy atom. The highest BCUT2D eigenvalue weighted by atomic mass is 79.9. The Hall–Kier alpha value is -1.33. The van der Waals surface area contributed by atoms with Crippen molar-refractivity contribution in [2.24, 2.45) is 0 Å². The number of halogens is 3. The van der Waals surface area contributed by atoms with Crippen LogP contribution in [0.25, 0.3) is 0 Å². The molecule has 21 heavy (non-hydrogen) atoms. The van der Waals surface area contributed by atoms with Crippen molar-refractivity contribution < 1.29 is 8.78 Å². The molecule has 2 nitrogen and oxygen atoms in total. The molecule has 2 rings (SSSR count). The van der Waals surface area contributed by atoms with Crippen molar-refractivity contribution in [3.63, 3.8) is 0 Å². The summed E-state index contributed by atoms with van der Waals surface area (Å²) in [6.45, 7) is 4.59. The van der Waals surface area contributed by atoms with Crippen LogP contribution in [0.5, 0.6) is 0 Å². The lowest BCUT2D eigenvalue weighted by Gasteiger charge is -2.20. The van der Waals surface area contributed by atoms with E-state index in [4.69, 9.17) is 0 Å². The van der Waals surface area contributed by atoms with Gasteiger partial charge in [0.2, 0.25) is 0 Å². The maximum Gasteiger partial charge on any atom is 0.143 e. The minimum atomic E-state index is -0.550. The van der Waals surface area contributed by atoms with Crippen LogP contribution >= 0.6 is 15.9 Å². The number of hydrogen-bond acceptors (Lipinski definition) is 2. The summed E-state index contributed by atoms with van der Waals surface area (Å²) in [5, 5.41) is 3.25. The largest absolute Gasteiger partial charge is 0.309 e. The minimum Gasteiger partial charge on any atom is -0.309 e. The van der Waals surface area contributed by atoms with Crippen LogP contribution in [-0.4, -0.2) is 11.5 Å². The van der Waals surface area contributed by atoms with Gasteiger partial charge in [-0.15, -0.1) is 0 Å². The molecule has 0 spiro atoms. The average molecular weight is 355 g/mol. The molecule has 1 N–H and O–H groups in total. The maximum atomic E-state index is 14.1. The molecule has 1 heterocycles. The van der Waals surface area contributed by atoms with E-state index in [0.717, 1.165) is 11.3 Å². The van der Waals surface area contributed by atoms with E-state index in [0.29, 0.717) is 6.54 Å². The summed E-state index contributed by atoms with van der Waals surface area (Å²) in [4.78, 5) is 4.36. The van der Waals surface area contributed by atoms with E-state index in [2.05, 4.69) is 26.2 Å². The van der Waals surface area contributed by atoms with Gasteiger partial charge < -0.3 is 5.32 Å². The van der Waals surface area contributed by atoms with Crippen LogP contribution in [0.1, 0.15) is 29.8 Å². The van der Waals surface area contributed by atoms with Crippen molar-refractivity contribution in [2.75, 3.05) is 6.54 Å². The van der Waals surface area contributed by atoms with Gasteiger partial charge in [-0.3, -0.25) is 4.98 Å². The average Bonchev–Trinajstić information content (AvgIpc) is 2.47.